The van der Waals surface area contributed by atoms with Crippen LogP contribution in [0, 0.1) is 5.92 Å². The van der Waals surface area contributed by atoms with Crippen LogP contribution in [0.2, 0.25) is 5.02 Å². The highest BCUT2D eigenvalue weighted by Crippen LogP contribution is 2.25. The van der Waals surface area contributed by atoms with Gasteiger partial charge in [-0.15, -0.1) is 0 Å². The summed E-state index contributed by atoms with van der Waals surface area (Å²) in [6.45, 7) is 3.64. The molecule has 3 rings (SSSR count). The van der Waals surface area contributed by atoms with Gasteiger partial charge in [-0.05, 0) is 61.2 Å². The minimum Gasteiger partial charge on any atom is -0.497 e. The largest absolute Gasteiger partial charge is 0.497 e. The molecule has 5 nitrogen and oxygen atoms in total. The molecule has 2 amide bonds. The number of rotatable bonds is 4. The minimum atomic E-state index is -0.290. The molecule has 27 heavy (non-hydrogen) atoms. The summed E-state index contributed by atoms with van der Waals surface area (Å²) < 4.78 is 5.11. The zero-order valence-electron chi connectivity index (χ0n) is 15.5. The number of benzene rings is 2. The molecule has 0 radical (unpaired) electrons. The standard InChI is InChI=1S/C21H23ClN2O3/c1-14-9-11-24(12-10-14)21(26)18-13-16(22)5-8-19(18)23-20(25)15-3-6-17(27-2)7-4-15/h3-8,13-14H,9-12H2,1-2H3,(H,23,25). The summed E-state index contributed by atoms with van der Waals surface area (Å²) >= 11 is 6.11. The molecule has 0 aromatic heterocycles. The molecule has 0 saturated carbocycles. The van der Waals surface area contributed by atoms with Crippen LogP contribution in [-0.4, -0.2) is 36.9 Å². The Hall–Kier alpha value is -2.53. The van der Waals surface area contributed by atoms with Crippen molar-refractivity contribution in [2.75, 3.05) is 25.5 Å². The van der Waals surface area contributed by atoms with Crippen molar-refractivity contribution in [3.63, 3.8) is 0 Å². The van der Waals surface area contributed by atoms with E-state index in [4.69, 9.17) is 16.3 Å². The second-order valence-corrected chi connectivity index (χ2v) is 7.28. The molecule has 0 spiro atoms. The number of nitrogens with zero attached hydrogens (tertiary/aromatic N) is 1. The molecule has 0 unspecified atom stereocenters. The molecule has 0 aliphatic carbocycles. The Balaban J connectivity index is 1.80. The Kier molecular flexibility index (Phi) is 6.01. The van der Waals surface area contributed by atoms with Gasteiger partial charge in [0, 0.05) is 23.7 Å². The number of methoxy groups -OCH3 is 1. The second-order valence-electron chi connectivity index (χ2n) is 6.85. The molecule has 1 aliphatic heterocycles. The Morgan fingerprint density at radius 1 is 1.11 bits per heavy atom. The van der Waals surface area contributed by atoms with Gasteiger partial charge in [-0.1, -0.05) is 18.5 Å². The molecule has 2 aromatic rings. The number of carbonyl (C=O) groups is 2. The van der Waals surface area contributed by atoms with E-state index >= 15 is 0 Å². The predicted octanol–water partition coefficient (Wildman–Crippen LogP) is 4.47. The smallest absolute Gasteiger partial charge is 0.256 e. The number of likely N-dealkylation sites (tertiary alicyclic amines) is 1. The highest BCUT2D eigenvalue weighted by molar-refractivity contribution is 6.31. The molecule has 1 saturated heterocycles. The van der Waals surface area contributed by atoms with E-state index in [0.717, 1.165) is 25.9 Å². The highest BCUT2D eigenvalue weighted by atomic mass is 35.5. The number of piperidine rings is 1. The van der Waals surface area contributed by atoms with Crippen LogP contribution >= 0.6 is 11.6 Å². The normalized spacial score (nSPS) is 14.7. The summed E-state index contributed by atoms with van der Waals surface area (Å²) in [6.07, 6.45) is 1.97. The van der Waals surface area contributed by atoms with E-state index in [0.29, 0.717) is 33.5 Å². The number of amides is 2. The SMILES string of the molecule is COc1ccc(C(=O)Nc2ccc(Cl)cc2C(=O)N2CCC(C)CC2)cc1. The Bertz CT molecular complexity index is 828. The molecule has 1 aliphatic rings. The lowest BCUT2D eigenvalue weighted by molar-refractivity contribution is 0.0698. The number of nitrogens with one attached hydrogen (secondary N) is 1. The zero-order chi connectivity index (χ0) is 19.4. The lowest BCUT2D eigenvalue weighted by Gasteiger charge is -2.31. The van der Waals surface area contributed by atoms with Crippen molar-refractivity contribution in [2.24, 2.45) is 5.92 Å². The van der Waals surface area contributed by atoms with E-state index in [2.05, 4.69) is 12.2 Å². The Labute approximate surface area is 164 Å². The monoisotopic (exact) mass is 386 g/mol. The lowest BCUT2D eigenvalue weighted by atomic mass is 9.98. The first-order valence-corrected chi connectivity index (χ1v) is 9.40. The average molecular weight is 387 g/mol. The second kappa shape index (κ2) is 8.44. The van der Waals surface area contributed by atoms with Crippen molar-refractivity contribution in [1.82, 2.24) is 4.90 Å². The van der Waals surface area contributed by atoms with E-state index in [1.807, 2.05) is 4.90 Å². The molecule has 0 atom stereocenters. The third kappa shape index (κ3) is 4.61. The highest BCUT2D eigenvalue weighted by Gasteiger charge is 2.24. The molecule has 0 bridgehead atoms. The van der Waals surface area contributed by atoms with Gasteiger partial charge in [0.05, 0.1) is 18.4 Å². The van der Waals surface area contributed by atoms with Crippen molar-refractivity contribution in [3.05, 3.63) is 58.6 Å². The van der Waals surface area contributed by atoms with Crippen LogP contribution < -0.4 is 10.1 Å². The number of hydrogen-bond donors (Lipinski definition) is 1. The molecule has 6 heteroatoms. The van der Waals surface area contributed by atoms with Gasteiger partial charge in [-0.25, -0.2) is 0 Å². The van der Waals surface area contributed by atoms with Gasteiger partial charge in [-0.2, -0.15) is 0 Å². The molecule has 1 fully saturated rings. The van der Waals surface area contributed by atoms with Crippen LogP contribution in [0.5, 0.6) is 5.75 Å². The third-order valence-electron chi connectivity index (χ3n) is 4.88. The number of carbonyl (C=O) groups excluding carboxylic acids is 2. The van der Waals surface area contributed by atoms with Crippen molar-refractivity contribution in [1.29, 1.82) is 0 Å². The van der Waals surface area contributed by atoms with Gasteiger partial charge in [0.1, 0.15) is 5.75 Å². The van der Waals surface area contributed by atoms with Crippen LogP contribution in [0.4, 0.5) is 5.69 Å². The summed E-state index contributed by atoms with van der Waals surface area (Å²) in [5, 5.41) is 3.30. The van der Waals surface area contributed by atoms with Crippen LogP contribution in [-0.2, 0) is 0 Å². The van der Waals surface area contributed by atoms with Gasteiger partial charge < -0.3 is 15.0 Å². The van der Waals surface area contributed by atoms with Gasteiger partial charge >= 0.3 is 0 Å². The summed E-state index contributed by atoms with van der Waals surface area (Å²) in [5.41, 5.74) is 1.36. The lowest BCUT2D eigenvalue weighted by Crippen LogP contribution is -2.38. The quantitative estimate of drug-likeness (QED) is 0.843. The van der Waals surface area contributed by atoms with Crippen molar-refractivity contribution < 1.29 is 14.3 Å². The first-order valence-electron chi connectivity index (χ1n) is 9.02. The van der Waals surface area contributed by atoms with Gasteiger partial charge in [0.2, 0.25) is 0 Å². The molecule has 142 valence electrons. The number of hydrogen-bond acceptors (Lipinski definition) is 3. The fraction of sp³-hybridized carbons (Fsp3) is 0.333. The topological polar surface area (TPSA) is 58.6 Å². The maximum atomic E-state index is 13.0. The average Bonchev–Trinajstić information content (AvgIpc) is 2.69. The minimum absolute atomic E-state index is 0.102. The van der Waals surface area contributed by atoms with E-state index < -0.39 is 0 Å². The van der Waals surface area contributed by atoms with Crippen LogP contribution in [0.1, 0.15) is 40.5 Å². The van der Waals surface area contributed by atoms with Crippen molar-refractivity contribution in [2.45, 2.75) is 19.8 Å². The number of anilines is 1. The van der Waals surface area contributed by atoms with E-state index in [1.165, 1.54) is 0 Å². The van der Waals surface area contributed by atoms with Crippen LogP contribution in [0.15, 0.2) is 42.5 Å². The first-order chi connectivity index (χ1) is 13.0. The Morgan fingerprint density at radius 3 is 2.41 bits per heavy atom. The van der Waals surface area contributed by atoms with Crippen LogP contribution in [0.25, 0.3) is 0 Å². The maximum Gasteiger partial charge on any atom is 0.256 e. The summed E-state index contributed by atoms with van der Waals surface area (Å²) in [4.78, 5) is 27.4. The van der Waals surface area contributed by atoms with Crippen LogP contribution in [0.3, 0.4) is 0 Å². The third-order valence-corrected chi connectivity index (χ3v) is 5.12. The fourth-order valence-corrected chi connectivity index (χ4v) is 3.29. The molecule has 1 heterocycles. The Morgan fingerprint density at radius 2 is 1.78 bits per heavy atom. The van der Waals surface area contributed by atoms with Gasteiger partial charge in [0.15, 0.2) is 0 Å². The van der Waals surface area contributed by atoms with E-state index in [-0.39, 0.29) is 11.8 Å². The van der Waals surface area contributed by atoms with Crippen molar-refractivity contribution >= 4 is 29.1 Å². The molecular weight excluding hydrogens is 364 g/mol. The van der Waals surface area contributed by atoms with Crippen molar-refractivity contribution in [3.8, 4) is 5.75 Å². The van der Waals surface area contributed by atoms with E-state index in [9.17, 15) is 9.59 Å². The summed E-state index contributed by atoms with van der Waals surface area (Å²) in [6, 6.07) is 11.8. The van der Waals surface area contributed by atoms with Gasteiger partial charge in [0.25, 0.3) is 11.8 Å². The predicted molar refractivity (Wildman–Crippen MR) is 107 cm³/mol. The molecule has 1 N–H and O–H groups in total. The number of halogens is 1. The first kappa shape index (κ1) is 19.2. The van der Waals surface area contributed by atoms with E-state index in [1.54, 1.807) is 49.6 Å². The fourth-order valence-electron chi connectivity index (χ4n) is 3.12. The zero-order valence-corrected chi connectivity index (χ0v) is 16.3. The number of ether oxygens (including phenoxy) is 1. The van der Waals surface area contributed by atoms with Gasteiger partial charge in [-0.3, -0.25) is 9.59 Å². The summed E-state index contributed by atoms with van der Waals surface area (Å²) in [7, 11) is 1.57. The molecular formula is C21H23ClN2O3. The summed E-state index contributed by atoms with van der Waals surface area (Å²) in [5.74, 6) is 0.909. The maximum absolute atomic E-state index is 13.0. The molecule has 2 aromatic carbocycles.